The lowest BCUT2D eigenvalue weighted by Crippen LogP contribution is -2.40. The minimum absolute atomic E-state index is 0.00923. The molecule has 1 saturated heterocycles. The zero-order valence-corrected chi connectivity index (χ0v) is 17.7. The fraction of sp³-hybridized carbons (Fsp3) is 0.300. The van der Waals surface area contributed by atoms with Crippen molar-refractivity contribution in [1.82, 2.24) is 4.31 Å². The molecule has 2 amide bonds. The SMILES string of the molecule is CC1Sc2ccc(C(=O)Nc3c#cc(S(=O)(=O)N4CCOCC4)cc3)cc2NC1=O. The Morgan fingerprint density at radius 1 is 1.23 bits per heavy atom. The van der Waals surface area contributed by atoms with Crippen LogP contribution in [-0.4, -0.2) is 56.1 Å². The lowest BCUT2D eigenvalue weighted by atomic mass is 10.1. The fourth-order valence-electron chi connectivity index (χ4n) is 3.07. The van der Waals surface area contributed by atoms with E-state index < -0.39 is 15.9 Å². The molecular weight excluding hydrogens is 426 g/mol. The normalized spacial score (nSPS) is 19.4. The Bertz CT molecular complexity index is 1080. The van der Waals surface area contributed by atoms with Crippen molar-refractivity contribution in [2.24, 2.45) is 0 Å². The highest BCUT2D eigenvalue weighted by Gasteiger charge is 2.27. The Morgan fingerprint density at radius 2 is 2.00 bits per heavy atom. The zero-order chi connectivity index (χ0) is 21.3. The van der Waals surface area contributed by atoms with Gasteiger partial charge in [0.15, 0.2) is 0 Å². The van der Waals surface area contributed by atoms with Crippen LogP contribution in [-0.2, 0) is 19.6 Å². The number of rotatable bonds is 4. The van der Waals surface area contributed by atoms with Crippen LogP contribution in [0.2, 0.25) is 0 Å². The van der Waals surface area contributed by atoms with Gasteiger partial charge >= 0.3 is 0 Å². The Kier molecular flexibility index (Phi) is 5.71. The van der Waals surface area contributed by atoms with Crippen LogP contribution < -0.4 is 10.6 Å². The summed E-state index contributed by atoms with van der Waals surface area (Å²) < 4.78 is 31.8. The van der Waals surface area contributed by atoms with Gasteiger partial charge in [-0.05, 0) is 49.4 Å². The van der Waals surface area contributed by atoms with Gasteiger partial charge in [0.05, 0.1) is 29.8 Å². The van der Waals surface area contributed by atoms with E-state index in [1.807, 2.05) is 6.92 Å². The number of benzene rings is 1. The third-order valence-corrected chi connectivity index (χ3v) is 7.75. The maximum absolute atomic E-state index is 12.6. The number of ether oxygens (including phenoxy) is 1. The number of thioether (sulfide) groups is 1. The van der Waals surface area contributed by atoms with E-state index in [0.29, 0.717) is 43.2 Å². The van der Waals surface area contributed by atoms with Gasteiger partial charge in [0, 0.05) is 23.5 Å². The van der Waals surface area contributed by atoms with Crippen LogP contribution in [0.4, 0.5) is 11.4 Å². The number of fused-ring (bicyclic) bond motifs is 1. The first-order valence-electron chi connectivity index (χ1n) is 9.29. The number of carbonyl (C=O) groups excluding carboxylic acids is 2. The minimum atomic E-state index is -3.67. The van der Waals surface area contributed by atoms with Gasteiger partial charge in [-0.3, -0.25) is 9.59 Å². The molecule has 2 N–H and O–H groups in total. The van der Waals surface area contributed by atoms with Crippen LogP contribution in [0.25, 0.3) is 0 Å². The van der Waals surface area contributed by atoms with Gasteiger partial charge in [-0.25, -0.2) is 8.42 Å². The number of morpholine rings is 1. The van der Waals surface area contributed by atoms with E-state index in [0.717, 1.165) is 4.90 Å². The van der Waals surface area contributed by atoms with E-state index in [1.54, 1.807) is 18.2 Å². The van der Waals surface area contributed by atoms with Crippen LogP contribution >= 0.6 is 11.8 Å². The second-order valence-corrected chi connectivity index (χ2v) is 10.1. The maximum atomic E-state index is 12.6. The molecule has 0 saturated carbocycles. The predicted octanol–water partition coefficient (Wildman–Crippen LogP) is 1.99. The third kappa shape index (κ3) is 4.15. The molecule has 156 valence electrons. The van der Waals surface area contributed by atoms with Gasteiger partial charge in [0.1, 0.15) is 4.90 Å². The monoisotopic (exact) mass is 445 g/mol. The lowest BCUT2D eigenvalue weighted by Gasteiger charge is -2.25. The summed E-state index contributed by atoms with van der Waals surface area (Å²) in [5, 5.41) is 5.27. The molecule has 0 aliphatic carbocycles. The third-order valence-electron chi connectivity index (χ3n) is 4.73. The quantitative estimate of drug-likeness (QED) is 0.746. The molecule has 2 aliphatic heterocycles. The van der Waals surface area contributed by atoms with Crippen LogP contribution in [0.3, 0.4) is 0 Å². The van der Waals surface area contributed by atoms with Crippen LogP contribution in [0, 0.1) is 12.1 Å². The standard InChI is InChI=1S/C20H19N3O5S2/c1-13-19(24)22-17-12-14(2-7-18(17)29-13)20(25)21-15-3-5-16(6-4-15)30(26,27)23-8-10-28-11-9-23/h2-3,5,7,12-13H,8-11H2,1H3,(H,21,25)(H,22,24). The molecule has 0 spiro atoms. The molecule has 10 heteroatoms. The van der Waals surface area contributed by atoms with E-state index in [-0.39, 0.29) is 16.1 Å². The molecule has 2 aromatic carbocycles. The van der Waals surface area contributed by atoms with Crippen molar-refractivity contribution in [3.63, 3.8) is 0 Å². The Balaban J connectivity index is 1.47. The second-order valence-electron chi connectivity index (χ2n) is 6.79. The van der Waals surface area contributed by atoms with E-state index in [9.17, 15) is 18.0 Å². The summed E-state index contributed by atoms with van der Waals surface area (Å²) in [6, 6.07) is 13.3. The second kappa shape index (κ2) is 8.28. The first kappa shape index (κ1) is 20.7. The molecule has 2 aromatic rings. The molecule has 4 rings (SSSR count). The largest absolute Gasteiger partial charge is 0.379 e. The summed E-state index contributed by atoms with van der Waals surface area (Å²) in [4.78, 5) is 25.3. The highest BCUT2D eigenvalue weighted by atomic mass is 32.2. The minimum Gasteiger partial charge on any atom is -0.379 e. The highest BCUT2D eigenvalue weighted by molar-refractivity contribution is 8.01. The molecule has 2 aliphatic rings. The first-order valence-corrected chi connectivity index (χ1v) is 11.6. The van der Waals surface area contributed by atoms with Gasteiger partial charge in [-0.15, -0.1) is 11.8 Å². The summed E-state index contributed by atoms with van der Waals surface area (Å²) in [5.74, 6) is -0.505. The molecule has 30 heavy (non-hydrogen) atoms. The van der Waals surface area contributed by atoms with Crippen LogP contribution in [0.1, 0.15) is 17.3 Å². The van der Waals surface area contributed by atoms with E-state index in [2.05, 4.69) is 22.8 Å². The van der Waals surface area contributed by atoms with E-state index in [4.69, 9.17) is 4.74 Å². The topological polar surface area (TPSA) is 105 Å². The van der Waals surface area contributed by atoms with Gasteiger partial charge in [0.25, 0.3) is 15.9 Å². The number of nitrogens with zero attached hydrogens (tertiary/aromatic N) is 1. The van der Waals surface area contributed by atoms with E-state index >= 15 is 0 Å². The molecular formula is C20H19N3O5S2. The number of carbonyl (C=O) groups is 2. The van der Waals surface area contributed by atoms with E-state index in [1.165, 1.54) is 28.2 Å². The summed E-state index contributed by atoms with van der Waals surface area (Å²) in [7, 11) is -3.67. The molecule has 8 nitrogen and oxygen atoms in total. The average molecular weight is 446 g/mol. The molecule has 2 heterocycles. The highest BCUT2D eigenvalue weighted by Crippen LogP contribution is 2.36. The Morgan fingerprint density at radius 3 is 2.70 bits per heavy atom. The van der Waals surface area contributed by atoms with Crippen molar-refractivity contribution in [3.05, 3.63) is 48.0 Å². The van der Waals surface area contributed by atoms with Gasteiger partial charge in [0.2, 0.25) is 5.91 Å². The van der Waals surface area contributed by atoms with Gasteiger partial charge in [-0.2, -0.15) is 4.31 Å². The molecule has 1 atom stereocenters. The van der Waals surface area contributed by atoms with Crippen molar-refractivity contribution in [2.45, 2.75) is 22.0 Å². The number of nitrogens with one attached hydrogen (secondary N) is 2. The fourth-order valence-corrected chi connectivity index (χ4v) is 5.32. The number of sulfonamides is 1. The summed E-state index contributed by atoms with van der Waals surface area (Å²) in [5.41, 5.74) is 1.26. The molecule has 1 fully saturated rings. The molecule has 0 radical (unpaired) electrons. The smallest absolute Gasteiger partial charge is 0.256 e. The average Bonchev–Trinajstić information content (AvgIpc) is 2.75. The Hall–Kier alpha value is -2.58. The van der Waals surface area contributed by atoms with Crippen molar-refractivity contribution < 1.29 is 22.7 Å². The molecule has 0 bridgehead atoms. The lowest BCUT2D eigenvalue weighted by molar-refractivity contribution is -0.115. The van der Waals surface area contributed by atoms with Crippen molar-refractivity contribution >= 4 is 45.0 Å². The first-order chi connectivity index (χ1) is 14.3. The van der Waals surface area contributed by atoms with Crippen molar-refractivity contribution in [2.75, 3.05) is 36.9 Å². The summed E-state index contributed by atoms with van der Waals surface area (Å²) in [6.45, 7) is 3.12. The predicted molar refractivity (Wildman–Crippen MR) is 112 cm³/mol. The van der Waals surface area contributed by atoms with Crippen molar-refractivity contribution in [3.8, 4) is 0 Å². The number of hydrogen-bond acceptors (Lipinski definition) is 6. The van der Waals surface area contributed by atoms with Crippen LogP contribution in [0.5, 0.6) is 0 Å². The summed E-state index contributed by atoms with van der Waals surface area (Å²) in [6.07, 6.45) is 0. The number of anilines is 2. The summed E-state index contributed by atoms with van der Waals surface area (Å²) >= 11 is 1.44. The van der Waals surface area contributed by atoms with Gasteiger partial charge in [-0.1, -0.05) is 0 Å². The van der Waals surface area contributed by atoms with Crippen LogP contribution in [0.15, 0.2) is 40.1 Å². The maximum Gasteiger partial charge on any atom is 0.256 e. The Labute approximate surface area is 179 Å². The molecule has 1 unspecified atom stereocenters. The molecule has 0 aromatic heterocycles. The van der Waals surface area contributed by atoms with Gasteiger partial charge < -0.3 is 15.4 Å². The zero-order valence-electron chi connectivity index (χ0n) is 16.1. The van der Waals surface area contributed by atoms with Crippen molar-refractivity contribution in [1.29, 1.82) is 0 Å². The number of hydrogen-bond donors (Lipinski definition) is 2. The number of amides is 2.